The number of sulfonamides is 1. The van der Waals surface area contributed by atoms with Gasteiger partial charge < -0.3 is 9.47 Å². The van der Waals surface area contributed by atoms with Gasteiger partial charge in [0.2, 0.25) is 21.8 Å². The lowest BCUT2D eigenvalue weighted by Crippen LogP contribution is -2.30. The summed E-state index contributed by atoms with van der Waals surface area (Å²) in [6, 6.07) is 11.1. The summed E-state index contributed by atoms with van der Waals surface area (Å²) in [6.07, 6.45) is -4.21. The predicted molar refractivity (Wildman–Crippen MR) is 113 cm³/mol. The Labute approximate surface area is 183 Å². The van der Waals surface area contributed by atoms with E-state index in [0.717, 1.165) is 26.2 Å². The number of amides is 1. The van der Waals surface area contributed by atoms with E-state index in [-0.39, 0.29) is 34.8 Å². The van der Waals surface area contributed by atoms with Gasteiger partial charge in [0.1, 0.15) is 0 Å². The number of hydrogen-bond acceptors (Lipinski definition) is 4. The average Bonchev–Trinajstić information content (AvgIpc) is 3.33. The van der Waals surface area contributed by atoms with Crippen LogP contribution in [0, 0.1) is 0 Å². The molecule has 0 aliphatic carbocycles. The van der Waals surface area contributed by atoms with Gasteiger partial charge in [-0.15, -0.1) is 0 Å². The van der Waals surface area contributed by atoms with Crippen LogP contribution in [0.2, 0.25) is 0 Å². The number of hydrogen-bond donors (Lipinski definition) is 0. The van der Waals surface area contributed by atoms with Crippen molar-refractivity contribution in [1.29, 1.82) is 0 Å². The summed E-state index contributed by atoms with van der Waals surface area (Å²) < 4.78 is 67.6. The minimum atomic E-state index is -4.76. The van der Waals surface area contributed by atoms with E-state index < -0.39 is 22.0 Å². The number of halogens is 3. The van der Waals surface area contributed by atoms with Crippen LogP contribution in [0.3, 0.4) is 0 Å². The van der Waals surface area contributed by atoms with Gasteiger partial charge in [-0.05, 0) is 36.2 Å². The number of anilines is 1. The van der Waals surface area contributed by atoms with Crippen molar-refractivity contribution < 1.29 is 26.4 Å². The second-order valence-electron chi connectivity index (χ2n) is 7.70. The van der Waals surface area contributed by atoms with Gasteiger partial charge in [-0.25, -0.2) is 17.7 Å². The number of para-hydroxylation sites is 1. The number of rotatable bonds is 5. The standard InChI is InChI=1S/C21H21F3N4O3S/c1-26(2)32(30,31)15-7-8-18-16(13-15)25-20(21(22,23)24)28(18)12-10-19(29)27-11-9-14-5-3-4-6-17(14)27/h3-8,13H,9-12H2,1-2H3. The first-order valence-electron chi connectivity index (χ1n) is 9.88. The van der Waals surface area contributed by atoms with E-state index >= 15 is 0 Å². The minimum Gasteiger partial charge on any atom is -0.320 e. The first-order chi connectivity index (χ1) is 15.0. The number of benzene rings is 2. The molecular weight excluding hydrogens is 445 g/mol. The summed E-state index contributed by atoms with van der Waals surface area (Å²) in [7, 11) is -1.16. The van der Waals surface area contributed by atoms with E-state index in [2.05, 4.69) is 4.98 Å². The molecule has 0 bridgehead atoms. The Morgan fingerprint density at radius 2 is 1.88 bits per heavy atom. The smallest absolute Gasteiger partial charge is 0.320 e. The molecule has 2 aromatic carbocycles. The zero-order valence-corrected chi connectivity index (χ0v) is 18.2. The third-order valence-corrected chi connectivity index (χ3v) is 7.30. The van der Waals surface area contributed by atoms with Crippen LogP contribution in [0.15, 0.2) is 47.4 Å². The molecule has 1 aliphatic heterocycles. The van der Waals surface area contributed by atoms with Gasteiger partial charge in [0.05, 0.1) is 15.9 Å². The van der Waals surface area contributed by atoms with Crippen LogP contribution in [0.1, 0.15) is 17.8 Å². The largest absolute Gasteiger partial charge is 0.449 e. The molecular formula is C21H21F3N4O3S. The summed E-state index contributed by atoms with van der Waals surface area (Å²) >= 11 is 0. The van der Waals surface area contributed by atoms with E-state index in [1.807, 2.05) is 24.3 Å². The lowest BCUT2D eigenvalue weighted by Gasteiger charge is -2.18. The normalized spacial score (nSPS) is 14.4. The van der Waals surface area contributed by atoms with Crippen molar-refractivity contribution in [3.63, 3.8) is 0 Å². The third-order valence-electron chi connectivity index (χ3n) is 5.49. The van der Waals surface area contributed by atoms with Crippen molar-refractivity contribution in [3.05, 3.63) is 53.9 Å². The zero-order chi connectivity index (χ0) is 23.3. The Bertz CT molecular complexity index is 1300. The average molecular weight is 466 g/mol. The SMILES string of the molecule is CN(C)S(=O)(=O)c1ccc2c(c1)nc(C(F)(F)F)n2CCC(=O)N1CCc2ccccc21. The van der Waals surface area contributed by atoms with Crippen molar-refractivity contribution in [2.24, 2.45) is 0 Å². The molecule has 32 heavy (non-hydrogen) atoms. The molecule has 11 heteroatoms. The molecule has 4 rings (SSSR count). The summed E-state index contributed by atoms with van der Waals surface area (Å²) in [4.78, 5) is 17.9. The Morgan fingerprint density at radius 3 is 2.56 bits per heavy atom. The maximum absolute atomic E-state index is 13.7. The highest BCUT2D eigenvalue weighted by Gasteiger charge is 2.38. The Hall–Kier alpha value is -2.92. The Morgan fingerprint density at radius 1 is 1.16 bits per heavy atom. The number of imidazole rings is 1. The number of nitrogens with zero attached hydrogens (tertiary/aromatic N) is 4. The molecule has 1 amide bonds. The number of carbonyl (C=O) groups is 1. The van der Waals surface area contributed by atoms with Crippen molar-refractivity contribution in [3.8, 4) is 0 Å². The number of fused-ring (bicyclic) bond motifs is 2. The van der Waals surface area contributed by atoms with Gasteiger partial charge in [0.25, 0.3) is 0 Å². The highest BCUT2D eigenvalue weighted by atomic mass is 32.2. The summed E-state index contributed by atoms with van der Waals surface area (Å²) in [6.45, 7) is 0.253. The highest BCUT2D eigenvalue weighted by Crippen LogP contribution is 2.33. The van der Waals surface area contributed by atoms with Crippen molar-refractivity contribution in [2.45, 2.75) is 30.5 Å². The van der Waals surface area contributed by atoms with E-state index in [4.69, 9.17) is 0 Å². The monoisotopic (exact) mass is 466 g/mol. The van der Waals surface area contributed by atoms with Gasteiger partial charge in [-0.2, -0.15) is 13.2 Å². The molecule has 1 aromatic heterocycles. The van der Waals surface area contributed by atoms with Crippen LogP contribution >= 0.6 is 0 Å². The predicted octanol–water partition coefficient (Wildman–Crippen LogP) is 3.28. The van der Waals surface area contributed by atoms with Crippen LogP contribution in [0.25, 0.3) is 11.0 Å². The maximum atomic E-state index is 13.7. The van der Waals surface area contributed by atoms with Crippen LogP contribution in [-0.2, 0) is 34.0 Å². The first-order valence-corrected chi connectivity index (χ1v) is 11.3. The second-order valence-corrected chi connectivity index (χ2v) is 9.85. The number of alkyl halides is 3. The van der Waals surface area contributed by atoms with Gasteiger partial charge in [-0.3, -0.25) is 4.79 Å². The zero-order valence-electron chi connectivity index (χ0n) is 17.4. The number of aromatic nitrogens is 2. The Balaban J connectivity index is 1.66. The molecule has 0 saturated carbocycles. The summed E-state index contributed by atoms with van der Waals surface area (Å²) in [5, 5.41) is 0. The van der Waals surface area contributed by atoms with Gasteiger partial charge in [0.15, 0.2) is 0 Å². The van der Waals surface area contributed by atoms with E-state index in [0.29, 0.717) is 13.0 Å². The van der Waals surface area contributed by atoms with Crippen LogP contribution in [0.4, 0.5) is 18.9 Å². The second kappa shape index (κ2) is 7.89. The molecule has 170 valence electrons. The van der Waals surface area contributed by atoms with Crippen LogP contribution in [-0.4, -0.2) is 48.8 Å². The lowest BCUT2D eigenvalue weighted by atomic mass is 10.2. The molecule has 0 spiro atoms. The fraction of sp³-hybridized carbons (Fsp3) is 0.333. The van der Waals surface area contributed by atoms with Crippen LogP contribution in [0.5, 0.6) is 0 Å². The molecule has 0 fully saturated rings. The molecule has 0 unspecified atom stereocenters. The topological polar surface area (TPSA) is 75.5 Å². The van der Waals surface area contributed by atoms with Gasteiger partial charge >= 0.3 is 6.18 Å². The van der Waals surface area contributed by atoms with E-state index in [9.17, 15) is 26.4 Å². The molecule has 3 aromatic rings. The fourth-order valence-electron chi connectivity index (χ4n) is 3.86. The molecule has 0 radical (unpaired) electrons. The quantitative estimate of drug-likeness (QED) is 0.578. The number of carbonyl (C=O) groups excluding carboxylic acids is 1. The highest BCUT2D eigenvalue weighted by molar-refractivity contribution is 7.89. The minimum absolute atomic E-state index is 0.0979. The maximum Gasteiger partial charge on any atom is 0.449 e. The summed E-state index contributed by atoms with van der Waals surface area (Å²) in [5.74, 6) is -1.45. The molecule has 7 nitrogen and oxygen atoms in total. The van der Waals surface area contributed by atoms with E-state index in [1.165, 1.54) is 26.2 Å². The first kappa shape index (κ1) is 22.3. The van der Waals surface area contributed by atoms with Crippen molar-refractivity contribution in [2.75, 3.05) is 25.5 Å². The van der Waals surface area contributed by atoms with Crippen LogP contribution < -0.4 is 4.90 Å². The van der Waals surface area contributed by atoms with E-state index in [1.54, 1.807) is 4.90 Å². The van der Waals surface area contributed by atoms with Crippen molar-refractivity contribution >= 4 is 32.7 Å². The van der Waals surface area contributed by atoms with Gasteiger partial charge in [0, 0.05) is 39.3 Å². The number of aryl methyl sites for hydroxylation is 1. The molecule has 0 N–H and O–H groups in total. The molecule has 1 aliphatic rings. The third kappa shape index (κ3) is 3.86. The molecule has 0 atom stereocenters. The summed E-state index contributed by atoms with van der Waals surface area (Å²) in [5.41, 5.74) is 1.82. The van der Waals surface area contributed by atoms with Gasteiger partial charge in [-0.1, -0.05) is 18.2 Å². The molecule has 0 saturated heterocycles. The van der Waals surface area contributed by atoms with Crippen molar-refractivity contribution in [1.82, 2.24) is 13.9 Å². The Kier molecular flexibility index (Phi) is 5.49. The lowest BCUT2D eigenvalue weighted by molar-refractivity contribution is -0.147. The molecule has 2 heterocycles. The fourth-order valence-corrected chi connectivity index (χ4v) is 4.79.